The lowest BCUT2D eigenvalue weighted by Gasteiger charge is -2.09. The maximum atomic E-state index is 11.5. The third-order valence-corrected chi connectivity index (χ3v) is 7.67. The van der Waals surface area contributed by atoms with E-state index in [0.29, 0.717) is 33.2 Å². The van der Waals surface area contributed by atoms with Crippen LogP contribution in [0, 0.1) is 0 Å². The molecule has 0 amide bonds. The van der Waals surface area contributed by atoms with E-state index in [0.717, 1.165) is 0 Å². The van der Waals surface area contributed by atoms with Crippen molar-refractivity contribution >= 4 is 84.6 Å². The highest BCUT2D eigenvalue weighted by Gasteiger charge is 2.22. The summed E-state index contributed by atoms with van der Waals surface area (Å²) in [4.78, 5) is 8.95. The zero-order valence-corrected chi connectivity index (χ0v) is 24.5. The summed E-state index contributed by atoms with van der Waals surface area (Å²) < 4.78 is 11.8. The van der Waals surface area contributed by atoms with Gasteiger partial charge in [0, 0.05) is 28.8 Å². The summed E-state index contributed by atoms with van der Waals surface area (Å²) in [6, 6.07) is 18.9. The molecule has 0 unspecified atom stereocenters. The van der Waals surface area contributed by atoms with Crippen LogP contribution in [0.1, 0.15) is 0 Å². The second kappa shape index (κ2) is 11.1. The van der Waals surface area contributed by atoms with E-state index >= 15 is 0 Å². The number of aromatic nitrogens is 2. The summed E-state index contributed by atoms with van der Waals surface area (Å²) in [5, 5.41) is 58.9. The van der Waals surface area contributed by atoms with Crippen molar-refractivity contribution < 1.29 is 34.8 Å². The Balaban J connectivity index is 1.41. The van der Waals surface area contributed by atoms with Crippen molar-refractivity contribution in [2.75, 3.05) is 16.2 Å². The fraction of sp³-hybridized carbons (Fsp3) is 0. The van der Waals surface area contributed by atoms with Gasteiger partial charge in [0.25, 0.3) is 0 Å². The van der Waals surface area contributed by atoms with Crippen molar-refractivity contribution in [3.63, 3.8) is 0 Å². The largest absolute Gasteiger partial charge is 0.505 e. The van der Waals surface area contributed by atoms with Crippen LogP contribution in [0.25, 0.3) is 55.9 Å². The molecule has 7 rings (SSSR count). The van der Waals surface area contributed by atoms with Gasteiger partial charge < -0.3 is 19.7 Å². The molecule has 2 aromatic heterocycles. The molecule has 0 fully saturated rings. The lowest BCUT2D eigenvalue weighted by atomic mass is 10.0. The molecule has 2 heterocycles. The summed E-state index contributed by atoms with van der Waals surface area (Å²) in [5.74, 6) is -0.0975. The fourth-order valence-electron chi connectivity index (χ4n) is 4.84. The van der Waals surface area contributed by atoms with Crippen molar-refractivity contribution in [2.45, 2.75) is 0 Å². The molecule has 0 saturated carbocycles. The molecule has 0 aliphatic heterocycles. The van der Waals surface area contributed by atoms with Gasteiger partial charge in [-0.1, -0.05) is 29.3 Å². The number of phenols is 1. The van der Waals surface area contributed by atoms with E-state index in [1.165, 1.54) is 24.3 Å². The van der Waals surface area contributed by atoms with Gasteiger partial charge in [0.05, 0.1) is 21.3 Å². The zero-order chi connectivity index (χ0) is 32.3. The number of nitrogen functional groups attached to an aromatic ring is 1. The highest BCUT2D eigenvalue weighted by Crippen LogP contribution is 2.46. The summed E-state index contributed by atoms with van der Waals surface area (Å²) >= 11 is 12.3. The van der Waals surface area contributed by atoms with Gasteiger partial charge in [-0.15, -0.1) is 15.6 Å². The number of phenolic OH excluding ortho intramolecular Hbond substituents is 1. The molecule has 7 aromatic rings. The average molecular weight is 660 g/mol. The first-order chi connectivity index (χ1) is 22.0. The van der Waals surface area contributed by atoms with Gasteiger partial charge in [-0.05, 0) is 60.0 Å². The number of rotatable bonds is 6. The monoisotopic (exact) mass is 659 g/mol. The minimum Gasteiger partial charge on any atom is -0.505 e. The van der Waals surface area contributed by atoms with E-state index in [-0.39, 0.29) is 77.3 Å². The molecule has 16 heteroatoms. The number of nitrogens with zero attached hydrogens (tertiary/aromatic N) is 6. The molecule has 0 radical (unpaired) electrons. The summed E-state index contributed by atoms with van der Waals surface area (Å²) in [5.41, 5.74) is 8.45. The Morgan fingerprint density at radius 2 is 1.28 bits per heavy atom. The summed E-state index contributed by atoms with van der Waals surface area (Å²) in [6.45, 7) is 0. The van der Waals surface area contributed by atoms with Crippen LogP contribution in [0.5, 0.6) is 5.75 Å². The Kier molecular flexibility index (Phi) is 7.09. The van der Waals surface area contributed by atoms with E-state index in [1.54, 1.807) is 48.5 Å². The summed E-state index contributed by atoms with van der Waals surface area (Å²) in [6.07, 6.45) is 0. The highest BCUT2D eigenvalue weighted by molar-refractivity contribution is 6.34. The van der Waals surface area contributed by atoms with E-state index < -0.39 is 0 Å². The van der Waals surface area contributed by atoms with Crippen LogP contribution in [0.3, 0.4) is 0 Å². The Bertz CT molecular complexity index is 2340. The van der Waals surface area contributed by atoms with Gasteiger partial charge in [0.15, 0.2) is 16.9 Å². The Hall–Kier alpha value is -5.48. The Morgan fingerprint density at radius 1 is 0.696 bits per heavy atom. The van der Waals surface area contributed by atoms with E-state index in [4.69, 9.17) is 37.8 Å². The van der Waals surface area contributed by atoms with E-state index in [1.807, 2.05) is 0 Å². The van der Waals surface area contributed by atoms with Crippen LogP contribution in [0.2, 0.25) is 10.0 Å². The second-order valence-corrected chi connectivity index (χ2v) is 10.8. The van der Waals surface area contributed by atoms with Gasteiger partial charge in [0.2, 0.25) is 11.8 Å². The van der Waals surface area contributed by atoms with Crippen molar-refractivity contribution in [3.05, 3.63) is 82.8 Å². The molecule has 0 atom stereocenters. The topological polar surface area (TPSA) is 210 Å². The number of benzene rings is 5. The average Bonchev–Trinajstić information content (AvgIpc) is 3.63. The quantitative estimate of drug-likeness (QED) is 0.0562. The first kappa shape index (κ1) is 29.2. The van der Waals surface area contributed by atoms with Crippen LogP contribution in [-0.2, 0) is 0 Å². The molecule has 5 aromatic carbocycles. The number of hydrogen-bond donors (Lipinski definition) is 6. The Labute approximate surface area is 266 Å². The van der Waals surface area contributed by atoms with Crippen molar-refractivity contribution in [1.82, 2.24) is 9.97 Å². The lowest BCUT2D eigenvalue weighted by molar-refractivity contribution is 0.0286. The number of nitrogens with two attached hydrogens (primary N) is 1. The van der Waals surface area contributed by atoms with Gasteiger partial charge in [-0.2, -0.15) is 5.11 Å². The number of anilines is 3. The predicted molar refractivity (Wildman–Crippen MR) is 169 cm³/mol. The zero-order valence-electron chi connectivity index (χ0n) is 23.0. The molecule has 0 aliphatic rings. The van der Waals surface area contributed by atoms with Crippen LogP contribution in [0.4, 0.5) is 28.4 Å². The van der Waals surface area contributed by atoms with Crippen molar-refractivity contribution in [2.24, 2.45) is 10.2 Å². The molecule has 14 nitrogen and oxygen atoms in total. The van der Waals surface area contributed by atoms with Crippen LogP contribution < -0.4 is 16.2 Å². The number of hydrogen-bond acceptors (Lipinski definition) is 14. The van der Waals surface area contributed by atoms with E-state index in [9.17, 15) is 25.9 Å². The minimum atomic E-state index is -0.287. The van der Waals surface area contributed by atoms with Crippen molar-refractivity contribution in [3.8, 4) is 28.7 Å². The standard InChI is InChI=1S/C30H19Cl2N7O7/c31-19-9-21-25(11-23(19)38(41)42)45-29(34-21)13-1-6-17-14(7-13)8-18(28(40)27(17)37-36-16-4-2-15(33)3-5-16)30-35-22-10-20(32)24(39(43)44)12-26(22)46-30/h1-12,40-44H,33H2. The molecule has 7 N–H and O–H groups in total. The first-order valence-corrected chi connectivity index (χ1v) is 13.9. The number of aromatic hydroxyl groups is 1. The number of halogens is 2. The van der Waals surface area contributed by atoms with Gasteiger partial charge in [0.1, 0.15) is 28.1 Å². The maximum Gasteiger partial charge on any atom is 0.231 e. The minimum absolute atomic E-state index is 0.000130. The van der Waals surface area contributed by atoms with Gasteiger partial charge >= 0.3 is 0 Å². The molecule has 230 valence electrons. The SMILES string of the molecule is Nc1ccc(N=Nc2c(O)c(-c3nc4cc(Cl)c(N(O)O)cc4o3)cc3cc(-c4nc5cc(Cl)c(N(O)O)cc5o4)ccc23)cc1. The van der Waals surface area contributed by atoms with E-state index in [2.05, 4.69) is 20.2 Å². The Morgan fingerprint density at radius 3 is 1.89 bits per heavy atom. The third-order valence-electron chi connectivity index (χ3n) is 7.07. The molecule has 0 spiro atoms. The highest BCUT2D eigenvalue weighted by atomic mass is 35.5. The number of azo groups is 1. The first-order valence-electron chi connectivity index (χ1n) is 13.2. The van der Waals surface area contributed by atoms with Crippen LogP contribution in [0.15, 0.2) is 91.9 Å². The number of oxazole rings is 2. The van der Waals surface area contributed by atoms with Crippen molar-refractivity contribution in [1.29, 1.82) is 0 Å². The smallest absolute Gasteiger partial charge is 0.231 e. The van der Waals surface area contributed by atoms with Crippen LogP contribution in [-0.4, -0.2) is 35.9 Å². The van der Waals surface area contributed by atoms with Gasteiger partial charge in [-0.3, -0.25) is 20.8 Å². The summed E-state index contributed by atoms with van der Waals surface area (Å²) in [7, 11) is 0. The molecule has 0 bridgehead atoms. The molecule has 0 saturated heterocycles. The molecule has 46 heavy (non-hydrogen) atoms. The van der Waals surface area contributed by atoms with Crippen LogP contribution >= 0.6 is 23.2 Å². The molecular weight excluding hydrogens is 641 g/mol. The third kappa shape index (κ3) is 5.16. The normalized spacial score (nSPS) is 11.8. The maximum absolute atomic E-state index is 11.5. The predicted octanol–water partition coefficient (Wildman–Crippen LogP) is 8.64. The molecule has 0 aliphatic carbocycles. The lowest BCUT2D eigenvalue weighted by Crippen LogP contribution is -2.11. The second-order valence-electron chi connectivity index (χ2n) is 10.0. The molecular formula is C30H19Cl2N7O7. The van der Waals surface area contributed by atoms with Gasteiger partial charge in [-0.25, -0.2) is 9.97 Å². The number of fused-ring (bicyclic) bond motifs is 3. The fourth-order valence-corrected chi connectivity index (χ4v) is 5.31.